The fraction of sp³-hybridized carbons (Fsp3) is 0.400. The average Bonchev–Trinajstić information content (AvgIpc) is 2.62. The van der Waals surface area contributed by atoms with Crippen LogP contribution in [0.2, 0.25) is 0 Å². The molecule has 72 valence electrons. The second-order valence-electron chi connectivity index (χ2n) is 3.54. The fourth-order valence-corrected chi connectivity index (χ4v) is 1.42. The predicted octanol–water partition coefficient (Wildman–Crippen LogP) is 2.31. The Balaban J connectivity index is 0.000000845. The lowest BCUT2D eigenvalue weighted by molar-refractivity contribution is 0.306. The zero-order valence-electron chi connectivity index (χ0n) is 7.46. The summed E-state index contributed by atoms with van der Waals surface area (Å²) >= 11 is 0. The quantitative estimate of drug-likeness (QED) is 0.742. The molecule has 2 atom stereocenters. The zero-order chi connectivity index (χ0) is 8.77. The molecule has 0 saturated heterocycles. The van der Waals surface area contributed by atoms with Crippen LogP contribution in [0.25, 0.3) is 0 Å². The molecule has 0 amide bonds. The molecule has 13 heavy (non-hydrogen) atoms. The minimum atomic E-state index is -1.23. The van der Waals surface area contributed by atoms with Crippen LogP contribution < -0.4 is 5.73 Å². The summed E-state index contributed by atoms with van der Waals surface area (Å²) in [6, 6.07) is 7.19. The monoisotopic (exact) mass is 201 g/mol. The Morgan fingerprint density at radius 2 is 1.85 bits per heavy atom. The van der Waals surface area contributed by atoms with E-state index in [9.17, 15) is 4.39 Å². The van der Waals surface area contributed by atoms with Crippen molar-refractivity contribution in [3.63, 3.8) is 0 Å². The van der Waals surface area contributed by atoms with Gasteiger partial charge in [-0.3, -0.25) is 0 Å². The lowest BCUT2D eigenvalue weighted by atomic mass is 10.1. The lowest BCUT2D eigenvalue weighted by Gasteiger charge is -2.05. The normalized spacial score (nSPS) is 30.8. The highest BCUT2D eigenvalue weighted by Gasteiger charge is 2.54. The number of benzene rings is 1. The molecule has 1 aliphatic carbocycles. The van der Waals surface area contributed by atoms with Gasteiger partial charge in [-0.1, -0.05) is 29.8 Å². The highest BCUT2D eigenvalue weighted by atomic mass is 35.5. The van der Waals surface area contributed by atoms with Gasteiger partial charge in [0.2, 0.25) is 0 Å². The molecule has 0 spiro atoms. The first kappa shape index (κ1) is 10.5. The largest absolute Gasteiger partial charge is 0.325 e. The number of aryl methyl sites for hydroxylation is 1. The summed E-state index contributed by atoms with van der Waals surface area (Å²) in [6.07, 6.45) is 0.468. The van der Waals surface area contributed by atoms with Gasteiger partial charge in [0, 0.05) is 12.5 Å². The summed E-state index contributed by atoms with van der Waals surface area (Å²) in [4.78, 5) is 0. The molecule has 1 saturated carbocycles. The first-order valence-electron chi connectivity index (χ1n) is 4.14. The van der Waals surface area contributed by atoms with Gasteiger partial charge in [-0.05, 0) is 12.5 Å². The van der Waals surface area contributed by atoms with Crippen LogP contribution in [0.3, 0.4) is 0 Å². The van der Waals surface area contributed by atoms with Gasteiger partial charge in [0.25, 0.3) is 0 Å². The maximum atomic E-state index is 13.6. The summed E-state index contributed by atoms with van der Waals surface area (Å²) in [5.74, 6) is 0. The first-order valence-corrected chi connectivity index (χ1v) is 4.14. The maximum absolute atomic E-state index is 13.6. The number of hydrogen-bond acceptors (Lipinski definition) is 1. The molecule has 1 aliphatic rings. The van der Waals surface area contributed by atoms with E-state index in [-0.39, 0.29) is 18.4 Å². The van der Waals surface area contributed by atoms with Crippen molar-refractivity contribution >= 4 is 12.4 Å². The SMILES string of the molecule is Cc1ccc(C2(F)CC2N)cc1.Cl. The van der Waals surface area contributed by atoms with E-state index in [2.05, 4.69) is 0 Å². The van der Waals surface area contributed by atoms with E-state index >= 15 is 0 Å². The molecule has 2 rings (SSSR count). The highest BCUT2D eigenvalue weighted by Crippen LogP contribution is 2.48. The van der Waals surface area contributed by atoms with Gasteiger partial charge < -0.3 is 5.73 Å². The van der Waals surface area contributed by atoms with Gasteiger partial charge in [-0.15, -0.1) is 12.4 Å². The van der Waals surface area contributed by atoms with Crippen LogP contribution in [0.4, 0.5) is 4.39 Å². The number of hydrogen-bond donors (Lipinski definition) is 1. The van der Waals surface area contributed by atoms with Gasteiger partial charge in [0.1, 0.15) is 0 Å². The van der Waals surface area contributed by atoms with Crippen LogP contribution in [0.5, 0.6) is 0 Å². The van der Waals surface area contributed by atoms with Crippen molar-refractivity contribution in [1.82, 2.24) is 0 Å². The van der Waals surface area contributed by atoms with E-state index < -0.39 is 5.67 Å². The fourth-order valence-electron chi connectivity index (χ4n) is 1.42. The van der Waals surface area contributed by atoms with Crippen LogP contribution in [0, 0.1) is 6.92 Å². The van der Waals surface area contributed by atoms with Crippen LogP contribution in [-0.4, -0.2) is 6.04 Å². The van der Waals surface area contributed by atoms with Crippen molar-refractivity contribution < 1.29 is 4.39 Å². The van der Waals surface area contributed by atoms with E-state index in [1.165, 1.54) is 0 Å². The molecule has 0 aliphatic heterocycles. The Kier molecular flexibility index (Phi) is 2.64. The standard InChI is InChI=1S/C10H12FN.ClH/c1-7-2-4-8(5-3-7)10(11)6-9(10)12;/h2-5,9H,6,12H2,1H3;1H. The number of alkyl halides is 1. The minimum absolute atomic E-state index is 0. The summed E-state index contributed by atoms with van der Waals surface area (Å²) in [6.45, 7) is 1.99. The molecule has 1 aromatic rings. The number of rotatable bonds is 1. The van der Waals surface area contributed by atoms with Crippen LogP contribution in [0.1, 0.15) is 17.5 Å². The predicted molar refractivity (Wildman–Crippen MR) is 53.8 cm³/mol. The van der Waals surface area contributed by atoms with E-state index in [4.69, 9.17) is 5.73 Å². The molecular weight excluding hydrogens is 189 g/mol. The minimum Gasteiger partial charge on any atom is -0.325 e. The van der Waals surface area contributed by atoms with E-state index in [0.717, 1.165) is 11.1 Å². The maximum Gasteiger partial charge on any atom is 0.152 e. The first-order chi connectivity index (χ1) is 5.63. The third-order valence-electron chi connectivity index (χ3n) is 2.48. The van der Waals surface area contributed by atoms with E-state index in [0.29, 0.717) is 6.42 Å². The van der Waals surface area contributed by atoms with E-state index in [1.807, 2.05) is 31.2 Å². The molecule has 1 aromatic carbocycles. The third kappa shape index (κ3) is 1.69. The summed E-state index contributed by atoms with van der Waals surface area (Å²) < 4.78 is 13.6. The average molecular weight is 202 g/mol. The van der Waals surface area contributed by atoms with Gasteiger partial charge in [-0.25, -0.2) is 4.39 Å². The molecule has 1 nitrogen and oxygen atoms in total. The Morgan fingerprint density at radius 1 is 1.38 bits per heavy atom. The lowest BCUT2D eigenvalue weighted by Crippen LogP contribution is -2.12. The second-order valence-corrected chi connectivity index (χ2v) is 3.54. The van der Waals surface area contributed by atoms with Gasteiger partial charge in [-0.2, -0.15) is 0 Å². The molecule has 2 N–H and O–H groups in total. The van der Waals surface area contributed by atoms with Gasteiger partial charge in [0.05, 0.1) is 0 Å². The smallest absolute Gasteiger partial charge is 0.152 e. The second kappa shape index (κ2) is 3.28. The van der Waals surface area contributed by atoms with Crippen LogP contribution in [-0.2, 0) is 5.67 Å². The molecule has 0 radical (unpaired) electrons. The van der Waals surface area contributed by atoms with Crippen LogP contribution in [0.15, 0.2) is 24.3 Å². The Bertz CT molecular complexity index is 298. The molecule has 0 bridgehead atoms. The molecular formula is C10H13ClFN. The topological polar surface area (TPSA) is 26.0 Å². The number of nitrogens with two attached hydrogens (primary N) is 1. The highest BCUT2D eigenvalue weighted by molar-refractivity contribution is 5.85. The van der Waals surface area contributed by atoms with Crippen molar-refractivity contribution in [2.75, 3.05) is 0 Å². The molecule has 0 aromatic heterocycles. The Labute approximate surface area is 83.5 Å². The third-order valence-corrected chi connectivity index (χ3v) is 2.48. The van der Waals surface area contributed by atoms with Crippen molar-refractivity contribution in [1.29, 1.82) is 0 Å². The molecule has 3 heteroatoms. The summed E-state index contributed by atoms with van der Waals surface area (Å²) in [7, 11) is 0. The van der Waals surface area contributed by atoms with Gasteiger partial charge >= 0.3 is 0 Å². The molecule has 0 heterocycles. The number of halogens is 2. The van der Waals surface area contributed by atoms with Gasteiger partial charge in [0.15, 0.2) is 5.67 Å². The van der Waals surface area contributed by atoms with E-state index in [1.54, 1.807) is 0 Å². The Morgan fingerprint density at radius 3 is 2.23 bits per heavy atom. The summed E-state index contributed by atoms with van der Waals surface area (Å²) in [5, 5.41) is 0. The van der Waals surface area contributed by atoms with Crippen molar-refractivity contribution in [3.8, 4) is 0 Å². The van der Waals surface area contributed by atoms with Crippen molar-refractivity contribution in [3.05, 3.63) is 35.4 Å². The zero-order valence-corrected chi connectivity index (χ0v) is 8.27. The molecule has 2 unspecified atom stereocenters. The Hall–Kier alpha value is -0.600. The molecule has 1 fully saturated rings. The summed E-state index contributed by atoms with van der Waals surface area (Å²) in [5.41, 5.74) is 6.14. The van der Waals surface area contributed by atoms with Crippen LogP contribution >= 0.6 is 12.4 Å². The van der Waals surface area contributed by atoms with Crippen molar-refractivity contribution in [2.24, 2.45) is 5.73 Å². The van der Waals surface area contributed by atoms with Crippen molar-refractivity contribution in [2.45, 2.75) is 25.1 Å².